The van der Waals surface area contributed by atoms with E-state index >= 15 is 0 Å². The molecule has 0 amide bonds. The van der Waals surface area contributed by atoms with Gasteiger partial charge < -0.3 is 15.7 Å². The Kier molecular flexibility index (Phi) is 6.38. The molecular formula is C17H21N3O3. The third-order valence-electron chi connectivity index (χ3n) is 3.44. The molecule has 2 aromatic carbocycles. The second kappa shape index (κ2) is 8.75. The van der Waals surface area contributed by atoms with E-state index < -0.39 is 4.92 Å². The Morgan fingerprint density at radius 1 is 1.00 bits per heavy atom. The van der Waals surface area contributed by atoms with Crippen LogP contribution in [0.4, 0.5) is 17.1 Å². The Morgan fingerprint density at radius 3 is 2.43 bits per heavy atom. The summed E-state index contributed by atoms with van der Waals surface area (Å²) in [6.45, 7) is 1.12. The van der Waals surface area contributed by atoms with E-state index in [0.717, 1.165) is 18.5 Å². The highest BCUT2D eigenvalue weighted by Crippen LogP contribution is 2.27. The number of non-ortho nitro benzene ring substituents is 1. The van der Waals surface area contributed by atoms with Crippen LogP contribution in [-0.2, 0) is 6.42 Å². The maximum absolute atomic E-state index is 10.9. The molecule has 122 valence electrons. The van der Waals surface area contributed by atoms with Gasteiger partial charge in [-0.1, -0.05) is 30.3 Å². The van der Waals surface area contributed by atoms with Gasteiger partial charge in [0.15, 0.2) is 0 Å². The average Bonchev–Trinajstić information content (AvgIpc) is 2.58. The van der Waals surface area contributed by atoms with Gasteiger partial charge in [-0.3, -0.25) is 10.1 Å². The topological polar surface area (TPSA) is 87.4 Å². The zero-order chi connectivity index (χ0) is 16.5. The van der Waals surface area contributed by atoms with E-state index in [2.05, 4.69) is 22.8 Å². The molecule has 0 aliphatic carbocycles. The fraction of sp³-hybridized carbons (Fsp3) is 0.294. The summed E-state index contributed by atoms with van der Waals surface area (Å²) >= 11 is 0. The van der Waals surface area contributed by atoms with Gasteiger partial charge in [0, 0.05) is 25.2 Å². The Balaban J connectivity index is 1.95. The maximum Gasteiger partial charge on any atom is 0.271 e. The van der Waals surface area contributed by atoms with Crippen molar-refractivity contribution in [2.24, 2.45) is 0 Å². The van der Waals surface area contributed by atoms with Gasteiger partial charge in [0.25, 0.3) is 5.69 Å². The SMILES string of the molecule is O=[N+]([O-])c1ccc(NCCO)c(NCCCc2ccccc2)c1. The van der Waals surface area contributed by atoms with Crippen molar-refractivity contribution in [3.05, 3.63) is 64.2 Å². The summed E-state index contributed by atoms with van der Waals surface area (Å²) in [7, 11) is 0. The Morgan fingerprint density at radius 2 is 1.74 bits per heavy atom. The summed E-state index contributed by atoms with van der Waals surface area (Å²) in [5.41, 5.74) is 2.75. The summed E-state index contributed by atoms with van der Waals surface area (Å²) in [5, 5.41) is 26.1. The smallest absolute Gasteiger partial charge is 0.271 e. The molecule has 0 aliphatic rings. The van der Waals surface area contributed by atoms with Crippen LogP contribution in [0.2, 0.25) is 0 Å². The van der Waals surface area contributed by atoms with Crippen LogP contribution in [0.1, 0.15) is 12.0 Å². The molecule has 0 bridgehead atoms. The van der Waals surface area contributed by atoms with E-state index in [4.69, 9.17) is 5.11 Å². The van der Waals surface area contributed by atoms with Gasteiger partial charge in [-0.2, -0.15) is 0 Å². The molecule has 0 unspecified atom stereocenters. The lowest BCUT2D eigenvalue weighted by Crippen LogP contribution is -2.10. The lowest BCUT2D eigenvalue weighted by atomic mass is 10.1. The van der Waals surface area contributed by atoms with Gasteiger partial charge in [0.2, 0.25) is 0 Å². The molecule has 0 saturated heterocycles. The number of aryl methyl sites for hydroxylation is 1. The lowest BCUT2D eigenvalue weighted by molar-refractivity contribution is -0.384. The normalized spacial score (nSPS) is 10.3. The standard InChI is InChI=1S/C17H21N3O3/c21-12-11-19-16-9-8-15(20(22)23)13-17(16)18-10-4-7-14-5-2-1-3-6-14/h1-3,5-6,8-9,13,18-19,21H,4,7,10-12H2. The molecular weight excluding hydrogens is 294 g/mol. The minimum absolute atomic E-state index is 0.00440. The first-order valence-corrected chi connectivity index (χ1v) is 7.61. The van der Waals surface area contributed by atoms with E-state index in [9.17, 15) is 10.1 Å². The van der Waals surface area contributed by atoms with Crippen LogP contribution in [0, 0.1) is 10.1 Å². The lowest BCUT2D eigenvalue weighted by Gasteiger charge is -2.13. The fourth-order valence-corrected chi connectivity index (χ4v) is 2.30. The van der Waals surface area contributed by atoms with Crippen LogP contribution < -0.4 is 10.6 Å². The van der Waals surface area contributed by atoms with Crippen molar-refractivity contribution in [2.45, 2.75) is 12.8 Å². The minimum Gasteiger partial charge on any atom is -0.395 e. The predicted octanol–water partition coefficient (Wildman–Crippen LogP) is 3.04. The molecule has 0 fully saturated rings. The molecule has 2 rings (SSSR count). The number of nitrogens with zero attached hydrogens (tertiary/aromatic N) is 1. The summed E-state index contributed by atoms with van der Waals surface area (Å²) in [6, 6.07) is 14.8. The minimum atomic E-state index is -0.412. The van der Waals surface area contributed by atoms with E-state index in [1.165, 1.54) is 17.7 Å². The summed E-state index contributed by atoms with van der Waals surface area (Å²) in [6.07, 6.45) is 1.87. The predicted molar refractivity (Wildman–Crippen MR) is 91.9 cm³/mol. The van der Waals surface area contributed by atoms with E-state index in [0.29, 0.717) is 18.8 Å². The van der Waals surface area contributed by atoms with Crippen LogP contribution in [0.3, 0.4) is 0 Å². The number of aliphatic hydroxyl groups excluding tert-OH is 1. The molecule has 23 heavy (non-hydrogen) atoms. The maximum atomic E-state index is 10.9. The van der Waals surface area contributed by atoms with Crippen LogP contribution in [0.15, 0.2) is 48.5 Å². The van der Waals surface area contributed by atoms with Crippen LogP contribution in [0.25, 0.3) is 0 Å². The molecule has 0 spiro atoms. The number of nitro groups is 1. The number of benzene rings is 2. The summed E-state index contributed by atoms with van der Waals surface area (Å²) in [5.74, 6) is 0. The largest absolute Gasteiger partial charge is 0.395 e. The molecule has 3 N–H and O–H groups in total. The van der Waals surface area contributed by atoms with Crippen molar-refractivity contribution in [2.75, 3.05) is 30.3 Å². The van der Waals surface area contributed by atoms with E-state index in [-0.39, 0.29) is 12.3 Å². The van der Waals surface area contributed by atoms with Gasteiger partial charge in [0.05, 0.1) is 22.9 Å². The molecule has 6 nitrogen and oxygen atoms in total. The second-order valence-electron chi connectivity index (χ2n) is 5.15. The van der Waals surface area contributed by atoms with Crippen LogP contribution in [0.5, 0.6) is 0 Å². The summed E-state index contributed by atoms with van der Waals surface area (Å²) in [4.78, 5) is 10.5. The van der Waals surface area contributed by atoms with Gasteiger partial charge >= 0.3 is 0 Å². The van der Waals surface area contributed by atoms with Crippen LogP contribution >= 0.6 is 0 Å². The zero-order valence-electron chi connectivity index (χ0n) is 12.9. The number of hydrogen-bond donors (Lipinski definition) is 3. The highest BCUT2D eigenvalue weighted by Gasteiger charge is 2.10. The fourth-order valence-electron chi connectivity index (χ4n) is 2.30. The van der Waals surface area contributed by atoms with Crippen molar-refractivity contribution in [1.82, 2.24) is 0 Å². The number of anilines is 2. The van der Waals surface area contributed by atoms with Gasteiger partial charge in [-0.05, 0) is 24.5 Å². The first-order valence-electron chi connectivity index (χ1n) is 7.61. The number of hydrogen-bond acceptors (Lipinski definition) is 5. The van der Waals surface area contributed by atoms with Crippen LogP contribution in [-0.4, -0.2) is 29.7 Å². The molecule has 2 aromatic rings. The van der Waals surface area contributed by atoms with Gasteiger partial charge in [-0.25, -0.2) is 0 Å². The average molecular weight is 315 g/mol. The van der Waals surface area contributed by atoms with Gasteiger partial charge in [-0.15, -0.1) is 0 Å². The quantitative estimate of drug-likeness (QED) is 0.376. The Hall–Kier alpha value is -2.60. The van der Waals surface area contributed by atoms with E-state index in [1.807, 2.05) is 18.2 Å². The van der Waals surface area contributed by atoms with Crippen molar-refractivity contribution < 1.29 is 10.0 Å². The first-order chi connectivity index (χ1) is 11.2. The molecule has 6 heteroatoms. The highest BCUT2D eigenvalue weighted by atomic mass is 16.6. The molecule has 0 aliphatic heterocycles. The van der Waals surface area contributed by atoms with Gasteiger partial charge in [0.1, 0.15) is 0 Å². The van der Waals surface area contributed by atoms with Crippen molar-refractivity contribution in [1.29, 1.82) is 0 Å². The Labute approximate surface area is 135 Å². The van der Waals surface area contributed by atoms with Crippen molar-refractivity contribution >= 4 is 17.1 Å². The Bertz CT molecular complexity index is 632. The first kappa shape index (κ1) is 16.8. The monoisotopic (exact) mass is 315 g/mol. The number of rotatable bonds is 9. The van der Waals surface area contributed by atoms with E-state index in [1.54, 1.807) is 6.07 Å². The highest BCUT2D eigenvalue weighted by molar-refractivity contribution is 5.71. The summed E-state index contributed by atoms with van der Waals surface area (Å²) < 4.78 is 0. The van der Waals surface area contributed by atoms with Crippen molar-refractivity contribution in [3.63, 3.8) is 0 Å². The second-order valence-corrected chi connectivity index (χ2v) is 5.15. The molecule has 0 aromatic heterocycles. The number of nitrogens with one attached hydrogen (secondary N) is 2. The molecule has 0 atom stereocenters. The number of nitro benzene ring substituents is 1. The third-order valence-corrected chi connectivity index (χ3v) is 3.44. The zero-order valence-corrected chi connectivity index (χ0v) is 12.9. The molecule has 0 heterocycles. The molecule has 0 saturated carbocycles. The van der Waals surface area contributed by atoms with Crippen molar-refractivity contribution in [3.8, 4) is 0 Å². The third kappa shape index (κ3) is 5.27. The number of aliphatic hydroxyl groups is 1. The molecule has 0 radical (unpaired) electrons.